The van der Waals surface area contributed by atoms with Crippen molar-refractivity contribution in [3.8, 4) is 11.8 Å². The second kappa shape index (κ2) is 9.37. The Hall–Kier alpha value is -4.38. The highest BCUT2D eigenvalue weighted by Gasteiger charge is 2.51. The van der Waals surface area contributed by atoms with Crippen LogP contribution in [0.15, 0.2) is 59.9 Å². The lowest BCUT2D eigenvalue weighted by atomic mass is 9.80. The molecule has 200 valence electrons. The van der Waals surface area contributed by atoms with Gasteiger partial charge in [0.2, 0.25) is 5.91 Å². The van der Waals surface area contributed by atoms with Crippen LogP contribution < -0.4 is 5.32 Å². The summed E-state index contributed by atoms with van der Waals surface area (Å²) in [6.07, 6.45) is 10.1. The predicted octanol–water partition coefficient (Wildman–Crippen LogP) is 4.34. The Bertz CT molecular complexity index is 1650. The van der Waals surface area contributed by atoms with Crippen molar-refractivity contribution in [2.24, 2.45) is 4.99 Å². The van der Waals surface area contributed by atoms with Crippen molar-refractivity contribution in [1.29, 1.82) is 0 Å². The molecule has 2 spiro atoms. The monoisotopic (exact) mass is 533 g/mol. The molecule has 7 rings (SSSR count). The van der Waals surface area contributed by atoms with Crippen LogP contribution in [-0.4, -0.2) is 44.6 Å². The lowest BCUT2D eigenvalue weighted by Crippen LogP contribution is -2.46. The van der Waals surface area contributed by atoms with E-state index in [1.54, 1.807) is 35.5 Å². The molecule has 2 amide bonds. The van der Waals surface area contributed by atoms with Crippen LogP contribution in [0.2, 0.25) is 0 Å². The number of halogens is 1. The van der Waals surface area contributed by atoms with Gasteiger partial charge in [0.15, 0.2) is 0 Å². The average molecular weight is 534 g/mol. The van der Waals surface area contributed by atoms with Crippen LogP contribution in [-0.2, 0) is 27.8 Å². The second-order valence-electron chi connectivity index (χ2n) is 11.1. The van der Waals surface area contributed by atoms with Crippen molar-refractivity contribution < 1.29 is 14.0 Å². The van der Waals surface area contributed by atoms with Gasteiger partial charge in [0.05, 0.1) is 12.0 Å². The molecule has 2 aliphatic heterocycles. The van der Waals surface area contributed by atoms with Gasteiger partial charge in [-0.3, -0.25) is 19.6 Å². The molecule has 1 fully saturated rings. The zero-order valence-corrected chi connectivity index (χ0v) is 22.0. The molecule has 1 atom stereocenters. The molecule has 1 aromatic carbocycles. The minimum Gasteiger partial charge on any atom is -0.310 e. The number of anilines is 1. The van der Waals surface area contributed by atoms with Crippen molar-refractivity contribution in [3.63, 3.8) is 0 Å². The molecule has 1 N–H and O–H groups in total. The number of aromatic nitrogens is 2. The Morgan fingerprint density at radius 1 is 1.00 bits per heavy atom. The zero-order valence-electron chi connectivity index (χ0n) is 22.0. The highest BCUT2D eigenvalue weighted by Crippen LogP contribution is 2.46. The normalized spacial score (nSPS) is 22.4. The highest BCUT2D eigenvalue weighted by molar-refractivity contribution is 6.46. The van der Waals surface area contributed by atoms with Gasteiger partial charge in [0.1, 0.15) is 23.0 Å². The molecule has 0 radical (unpaired) electrons. The minimum absolute atomic E-state index is 0.0428. The number of carbonyl (C=O) groups excluding carboxylic acids is 2. The van der Waals surface area contributed by atoms with E-state index in [1.807, 2.05) is 18.2 Å². The number of fused-ring (bicyclic) bond motifs is 3. The molecular weight excluding hydrogens is 505 g/mol. The first-order valence-electron chi connectivity index (χ1n) is 13.9. The summed E-state index contributed by atoms with van der Waals surface area (Å²) < 4.78 is 14.7. The third kappa shape index (κ3) is 3.83. The maximum Gasteiger partial charge on any atom is 0.275 e. The summed E-state index contributed by atoms with van der Waals surface area (Å²) in [4.78, 5) is 42.3. The summed E-state index contributed by atoms with van der Waals surface area (Å²) in [6.45, 7) is 0.197. The molecule has 8 heteroatoms. The smallest absolute Gasteiger partial charge is 0.275 e. The number of nitrogens with one attached hydrogen (secondary N) is 1. The Kier molecular flexibility index (Phi) is 5.77. The number of benzene rings is 1. The molecule has 7 nitrogen and oxygen atoms in total. The number of carbonyl (C=O) groups is 2. The molecule has 1 saturated carbocycles. The van der Waals surface area contributed by atoms with E-state index < -0.39 is 16.9 Å². The summed E-state index contributed by atoms with van der Waals surface area (Å²) in [7, 11) is 0. The molecule has 3 aromatic rings. The number of aliphatic imine (C=N–C) groups is 1. The first-order valence-corrected chi connectivity index (χ1v) is 13.9. The van der Waals surface area contributed by atoms with E-state index in [1.165, 1.54) is 6.07 Å². The van der Waals surface area contributed by atoms with Gasteiger partial charge < -0.3 is 10.2 Å². The summed E-state index contributed by atoms with van der Waals surface area (Å²) >= 11 is 0. The number of hydrogen-bond donors (Lipinski definition) is 1. The van der Waals surface area contributed by atoms with Crippen molar-refractivity contribution in [2.75, 3.05) is 11.9 Å². The molecule has 4 heterocycles. The number of amides is 2. The molecule has 40 heavy (non-hydrogen) atoms. The largest absolute Gasteiger partial charge is 0.310 e. The van der Waals surface area contributed by atoms with Gasteiger partial charge in [-0.05, 0) is 61.9 Å². The topological polar surface area (TPSA) is 87.5 Å². The van der Waals surface area contributed by atoms with E-state index in [0.29, 0.717) is 18.7 Å². The second-order valence-corrected chi connectivity index (χ2v) is 11.1. The molecule has 0 saturated heterocycles. The molecule has 4 aliphatic rings. The van der Waals surface area contributed by atoms with Crippen LogP contribution >= 0.6 is 0 Å². The molecule has 2 aliphatic carbocycles. The standard InChI is InChI=1S/C32H28FN5O2/c33-25-12-4-3-10-23(25)27-29(39)38(32(37-27)13-5-1-2-6-14-32)16-8-9-21-17-22-18-31(19-26(22)35-20-21)24-11-7-15-34-28(24)36-30(31)40/h3-4,7,10-12,15,17,20H,1-2,5-6,13-14,16,18-19H2,(H,34,36,40). The van der Waals surface area contributed by atoms with Gasteiger partial charge in [0.25, 0.3) is 5.91 Å². The van der Waals surface area contributed by atoms with E-state index >= 15 is 0 Å². The predicted molar refractivity (Wildman–Crippen MR) is 148 cm³/mol. The Balaban J connectivity index is 1.15. The van der Waals surface area contributed by atoms with E-state index in [0.717, 1.165) is 60.9 Å². The van der Waals surface area contributed by atoms with Crippen molar-refractivity contribution >= 4 is 23.3 Å². The minimum atomic E-state index is -0.681. The first kappa shape index (κ1) is 24.6. The Morgan fingerprint density at radius 2 is 1.82 bits per heavy atom. The number of rotatable bonds is 2. The van der Waals surface area contributed by atoms with Crippen molar-refractivity contribution in [3.05, 3.63) is 88.6 Å². The maximum absolute atomic E-state index is 14.7. The molecular formula is C32H28FN5O2. The van der Waals surface area contributed by atoms with E-state index in [2.05, 4.69) is 27.1 Å². The fraction of sp³-hybridized carbons (Fsp3) is 0.344. The van der Waals surface area contributed by atoms with Crippen LogP contribution in [0.4, 0.5) is 10.2 Å². The third-order valence-corrected chi connectivity index (χ3v) is 8.78. The molecule has 2 aromatic heterocycles. The van der Waals surface area contributed by atoms with Gasteiger partial charge in [-0.25, -0.2) is 9.37 Å². The van der Waals surface area contributed by atoms with E-state index in [9.17, 15) is 14.0 Å². The van der Waals surface area contributed by atoms with Gasteiger partial charge >= 0.3 is 0 Å². The number of pyridine rings is 2. The zero-order chi connectivity index (χ0) is 27.3. The van der Waals surface area contributed by atoms with E-state index in [-0.39, 0.29) is 29.6 Å². The molecule has 1 unspecified atom stereocenters. The van der Waals surface area contributed by atoms with Crippen LogP contribution in [0.5, 0.6) is 0 Å². The van der Waals surface area contributed by atoms with Crippen LogP contribution in [0.25, 0.3) is 0 Å². The Labute approximate surface area is 231 Å². The molecule has 0 bridgehead atoms. The SMILES string of the molecule is O=C1C(c2ccccc2F)=NC2(CCCCCC2)N1CC#Cc1cnc2c(c1)CC1(C2)C(=O)Nc2ncccc21. The Morgan fingerprint density at radius 3 is 2.65 bits per heavy atom. The summed E-state index contributed by atoms with van der Waals surface area (Å²) in [5.41, 5.74) is 2.62. The average Bonchev–Trinajstić information content (AvgIpc) is 3.48. The van der Waals surface area contributed by atoms with E-state index in [4.69, 9.17) is 4.99 Å². The fourth-order valence-corrected chi connectivity index (χ4v) is 6.76. The lowest BCUT2D eigenvalue weighted by molar-refractivity contribution is -0.127. The summed E-state index contributed by atoms with van der Waals surface area (Å²) in [5, 5.41) is 2.92. The van der Waals surface area contributed by atoms with Gasteiger partial charge in [0, 0.05) is 41.2 Å². The van der Waals surface area contributed by atoms with Gasteiger partial charge in [-0.15, -0.1) is 0 Å². The van der Waals surface area contributed by atoms with Crippen LogP contribution in [0, 0.1) is 17.7 Å². The van der Waals surface area contributed by atoms with Crippen molar-refractivity contribution in [2.45, 2.75) is 62.4 Å². The van der Waals surface area contributed by atoms with Gasteiger partial charge in [-0.2, -0.15) is 0 Å². The number of hydrogen-bond acceptors (Lipinski definition) is 5. The maximum atomic E-state index is 14.7. The summed E-state index contributed by atoms with van der Waals surface area (Å²) in [6, 6.07) is 12.1. The highest BCUT2D eigenvalue weighted by atomic mass is 19.1. The lowest BCUT2D eigenvalue weighted by Gasteiger charge is -2.34. The van der Waals surface area contributed by atoms with Gasteiger partial charge in [-0.1, -0.05) is 42.9 Å². The third-order valence-electron chi connectivity index (χ3n) is 8.78. The summed E-state index contributed by atoms with van der Waals surface area (Å²) in [5.74, 6) is 6.25. The number of nitrogens with zero attached hydrogens (tertiary/aromatic N) is 4. The van der Waals surface area contributed by atoms with Crippen molar-refractivity contribution in [1.82, 2.24) is 14.9 Å². The quantitative estimate of drug-likeness (QED) is 0.497. The van der Waals surface area contributed by atoms with Crippen LogP contribution in [0.1, 0.15) is 66.5 Å². The fourth-order valence-electron chi connectivity index (χ4n) is 6.76. The first-order chi connectivity index (χ1) is 19.5. The van der Waals surface area contributed by atoms with Crippen LogP contribution in [0.3, 0.4) is 0 Å².